The van der Waals surface area contributed by atoms with Crippen LogP contribution in [0.3, 0.4) is 0 Å². The molecule has 4 rings (SSSR count). The fourth-order valence-corrected chi connectivity index (χ4v) is 4.00. The third-order valence-corrected chi connectivity index (χ3v) is 5.97. The van der Waals surface area contributed by atoms with Crippen molar-refractivity contribution >= 4 is 23.5 Å². The van der Waals surface area contributed by atoms with Gasteiger partial charge in [0.05, 0.1) is 0 Å². The van der Waals surface area contributed by atoms with E-state index in [-0.39, 0.29) is 17.9 Å². The molecule has 0 spiro atoms. The quantitative estimate of drug-likeness (QED) is 0.228. The Morgan fingerprint density at radius 1 is 0.725 bits per heavy atom. The molecular weight excluding hydrogens is 508 g/mol. The number of carbonyl (C=O) groups is 3. The van der Waals surface area contributed by atoms with E-state index >= 15 is 0 Å². The number of amides is 2. The Morgan fingerprint density at radius 3 is 1.95 bits per heavy atom. The predicted molar refractivity (Wildman–Crippen MR) is 151 cm³/mol. The number of hydrogen-bond donors (Lipinski definition) is 3. The van der Waals surface area contributed by atoms with Gasteiger partial charge < -0.3 is 25.2 Å². The van der Waals surface area contributed by atoms with Crippen molar-refractivity contribution < 1.29 is 29.0 Å². The molecule has 204 valence electrons. The summed E-state index contributed by atoms with van der Waals surface area (Å²) in [5.74, 6) is -1.03. The first-order valence-electron chi connectivity index (χ1n) is 12.7. The number of anilines is 1. The van der Waals surface area contributed by atoms with Gasteiger partial charge in [0.1, 0.15) is 19.3 Å². The third-order valence-electron chi connectivity index (χ3n) is 5.97. The summed E-state index contributed by atoms with van der Waals surface area (Å²) in [4.78, 5) is 36.3. The van der Waals surface area contributed by atoms with Crippen LogP contribution in [0.15, 0.2) is 103 Å². The highest BCUT2D eigenvalue weighted by molar-refractivity contribution is 5.98. The first-order valence-corrected chi connectivity index (χ1v) is 12.7. The van der Waals surface area contributed by atoms with Gasteiger partial charge >= 0.3 is 5.97 Å². The highest BCUT2D eigenvalue weighted by Gasteiger charge is 2.22. The van der Waals surface area contributed by atoms with Crippen LogP contribution in [0.5, 0.6) is 11.5 Å². The zero-order valence-electron chi connectivity index (χ0n) is 22.0. The average Bonchev–Trinajstić information content (AvgIpc) is 2.96. The molecule has 0 radical (unpaired) electrons. The first-order chi connectivity index (χ1) is 19.4. The normalized spacial score (nSPS) is 11.2. The van der Waals surface area contributed by atoms with Crippen molar-refractivity contribution in [3.05, 3.63) is 125 Å². The fourth-order valence-electron chi connectivity index (χ4n) is 4.00. The molecule has 0 fully saturated rings. The van der Waals surface area contributed by atoms with Gasteiger partial charge in [-0.05, 0) is 47.0 Å². The lowest BCUT2D eigenvalue weighted by Crippen LogP contribution is -2.42. The van der Waals surface area contributed by atoms with E-state index in [1.807, 2.05) is 60.7 Å². The summed E-state index contributed by atoms with van der Waals surface area (Å²) < 4.78 is 12.1. The zero-order valence-corrected chi connectivity index (χ0v) is 22.0. The van der Waals surface area contributed by atoms with Crippen LogP contribution in [0.2, 0.25) is 0 Å². The zero-order chi connectivity index (χ0) is 28.3. The van der Waals surface area contributed by atoms with Crippen molar-refractivity contribution in [1.29, 1.82) is 0 Å². The highest BCUT2D eigenvalue weighted by Crippen LogP contribution is 2.31. The second-order valence-electron chi connectivity index (χ2n) is 9.16. The summed E-state index contributed by atoms with van der Waals surface area (Å²) >= 11 is 0. The van der Waals surface area contributed by atoms with Crippen molar-refractivity contribution in [1.82, 2.24) is 5.32 Å². The van der Waals surface area contributed by atoms with Crippen molar-refractivity contribution in [2.75, 3.05) is 5.32 Å². The van der Waals surface area contributed by atoms with Crippen molar-refractivity contribution in [2.24, 2.45) is 0 Å². The molecular formula is C32H30N2O6. The Balaban J connectivity index is 1.51. The minimum atomic E-state index is -1.20. The average molecular weight is 539 g/mol. The second-order valence-corrected chi connectivity index (χ2v) is 9.16. The van der Waals surface area contributed by atoms with Gasteiger partial charge in [0.15, 0.2) is 11.5 Å². The molecule has 0 saturated carbocycles. The molecule has 40 heavy (non-hydrogen) atoms. The molecule has 4 aromatic carbocycles. The van der Waals surface area contributed by atoms with Crippen LogP contribution in [-0.2, 0) is 29.2 Å². The van der Waals surface area contributed by atoms with Gasteiger partial charge in [0.25, 0.3) is 5.91 Å². The van der Waals surface area contributed by atoms with Gasteiger partial charge in [0, 0.05) is 24.6 Å². The highest BCUT2D eigenvalue weighted by atomic mass is 16.5. The van der Waals surface area contributed by atoms with Crippen LogP contribution in [-0.4, -0.2) is 28.9 Å². The largest absolute Gasteiger partial charge is 0.485 e. The minimum Gasteiger partial charge on any atom is -0.485 e. The lowest BCUT2D eigenvalue weighted by molar-refractivity contribution is -0.139. The monoisotopic (exact) mass is 538 g/mol. The third kappa shape index (κ3) is 8.19. The Labute approximate surface area is 232 Å². The number of ether oxygens (including phenoxy) is 2. The van der Waals surface area contributed by atoms with E-state index in [2.05, 4.69) is 10.6 Å². The van der Waals surface area contributed by atoms with Crippen molar-refractivity contribution in [3.8, 4) is 11.5 Å². The SMILES string of the molecule is CC(=O)Nc1cccc(C(=O)N[C@H](Cc2ccc(OCc3ccccc3)c(OCc3ccccc3)c2)C(=O)O)c1. The van der Waals surface area contributed by atoms with Crippen LogP contribution >= 0.6 is 0 Å². The Kier molecular flexibility index (Phi) is 9.50. The Bertz CT molecular complexity index is 1460. The maximum absolute atomic E-state index is 12.9. The van der Waals surface area contributed by atoms with Gasteiger partial charge in [0.2, 0.25) is 5.91 Å². The van der Waals surface area contributed by atoms with E-state index in [9.17, 15) is 19.5 Å². The molecule has 0 aromatic heterocycles. The summed E-state index contributed by atoms with van der Waals surface area (Å²) in [5, 5.41) is 15.1. The molecule has 3 N–H and O–H groups in total. The number of aliphatic carboxylic acids is 1. The lowest BCUT2D eigenvalue weighted by Gasteiger charge is -2.18. The van der Waals surface area contributed by atoms with Crippen LogP contribution in [0, 0.1) is 0 Å². The predicted octanol–water partition coefficient (Wildman–Crippen LogP) is 5.23. The van der Waals surface area contributed by atoms with Gasteiger partial charge in [-0.15, -0.1) is 0 Å². The Morgan fingerprint density at radius 2 is 1.35 bits per heavy atom. The molecule has 0 unspecified atom stereocenters. The van der Waals surface area contributed by atoms with Gasteiger partial charge in [-0.3, -0.25) is 9.59 Å². The molecule has 2 amide bonds. The number of benzene rings is 4. The number of carbonyl (C=O) groups excluding carboxylic acids is 2. The molecule has 4 aromatic rings. The van der Waals surface area contributed by atoms with Crippen LogP contribution < -0.4 is 20.1 Å². The van der Waals surface area contributed by atoms with Crippen LogP contribution in [0.25, 0.3) is 0 Å². The van der Waals surface area contributed by atoms with Crippen LogP contribution in [0.4, 0.5) is 5.69 Å². The minimum absolute atomic E-state index is 0.0210. The van der Waals surface area contributed by atoms with Crippen molar-refractivity contribution in [2.45, 2.75) is 32.6 Å². The number of hydrogen-bond acceptors (Lipinski definition) is 5. The molecule has 1 atom stereocenters. The Hall–Kier alpha value is -5.11. The van der Waals surface area contributed by atoms with E-state index in [1.54, 1.807) is 36.4 Å². The molecule has 0 aliphatic heterocycles. The number of nitrogens with one attached hydrogen (secondary N) is 2. The van der Waals surface area contributed by atoms with E-state index in [4.69, 9.17) is 9.47 Å². The number of carboxylic acids is 1. The van der Waals surface area contributed by atoms with E-state index < -0.39 is 17.9 Å². The summed E-state index contributed by atoms with van der Waals surface area (Å²) in [6.45, 7) is 2.01. The molecule has 8 heteroatoms. The van der Waals surface area contributed by atoms with Crippen molar-refractivity contribution in [3.63, 3.8) is 0 Å². The number of rotatable bonds is 12. The molecule has 0 aliphatic rings. The summed E-state index contributed by atoms with van der Waals surface area (Å²) in [7, 11) is 0. The van der Waals surface area contributed by atoms with Crippen LogP contribution in [0.1, 0.15) is 34.0 Å². The first kappa shape index (κ1) is 27.9. The molecule has 8 nitrogen and oxygen atoms in total. The maximum Gasteiger partial charge on any atom is 0.326 e. The number of carboxylic acid groups (broad SMARTS) is 1. The summed E-state index contributed by atoms with van der Waals surface area (Å²) in [6.07, 6.45) is 0.0210. The summed E-state index contributed by atoms with van der Waals surface area (Å²) in [6, 6.07) is 29.7. The topological polar surface area (TPSA) is 114 Å². The molecule has 0 aliphatic carbocycles. The molecule has 0 saturated heterocycles. The van der Waals surface area contributed by atoms with Gasteiger partial charge in [-0.1, -0.05) is 72.8 Å². The summed E-state index contributed by atoms with van der Waals surface area (Å²) in [5.41, 5.74) is 3.29. The fraction of sp³-hybridized carbons (Fsp3) is 0.156. The molecule has 0 bridgehead atoms. The van der Waals surface area contributed by atoms with E-state index in [0.717, 1.165) is 11.1 Å². The van der Waals surface area contributed by atoms with E-state index in [0.29, 0.717) is 36.0 Å². The standard InChI is InChI=1S/C32H30N2O6/c1-22(35)33-27-14-8-13-26(19-27)31(36)34-28(32(37)38)17-25-15-16-29(39-20-23-9-4-2-5-10-23)30(18-25)40-21-24-11-6-3-7-12-24/h2-16,18-19,28H,17,20-21H2,1H3,(H,33,35)(H,34,36)(H,37,38)/t28-/m1/s1. The lowest BCUT2D eigenvalue weighted by atomic mass is 10.0. The van der Waals surface area contributed by atoms with Gasteiger partial charge in [-0.2, -0.15) is 0 Å². The second kappa shape index (κ2) is 13.6. The molecule has 0 heterocycles. The maximum atomic E-state index is 12.9. The smallest absolute Gasteiger partial charge is 0.326 e. The van der Waals surface area contributed by atoms with E-state index in [1.165, 1.54) is 13.0 Å². The van der Waals surface area contributed by atoms with Gasteiger partial charge in [-0.25, -0.2) is 4.79 Å².